The number of hydrogen-bond acceptors (Lipinski definition) is 2. The molecule has 1 heterocycles. The molecule has 0 spiro atoms. The molecule has 0 radical (unpaired) electrons. The minimum Gasteiger partial charge on any atom is -0.692 e. The van der Waals surface area contributed by atoms with Crippen LogP contribution in [0, 0.1) is 5.21 Å². The average molecular weight is 302 g/mol. The second-order valence-corrected chi connectivity index (χ2v) is 5.40. The number of aromatic nitrogens is 3. The van der Waals surface area contributed by atoms with Crippen LogP contribution in [0.25, 0.3) is 16.7 Å². The van der Waals surface area contributed by atoms with E-state index in [1.807, 2.05) is 6.07 Å². The van der Waals surface area contributed by atoms with Crippen LogP contribution in [0.3, 0.4) is 0 Å². The van der Waals surface area contributed by atoms with Gasteiger partial charge in [-0.2, -0.15) is 0 Å². The van der Waals surface area contributed by atoms with Gasteiger partial charge in [-0.3, -0.25) is 0 Å². The van der Waals surface area contributed by atoms with Gasteiger partial charge >= 0.3 is 0 Å². The summed E-state index contributed by atoms with van der Waals surface area (Å²) in [6.07, 6.45) is 1.76. The first-order valence-electron chi connectivity index (χ1n) is 7.04. The molecule has 0 amide bonds. The molecule has 3 aromatic rings. The molecule has 0 unspecified atom stereocenters. The molecule has 0 fully saturated rings. The molecule has 108 valence electrons. The number of hydrogen-bond donors (Lipinski definition) is 0. The number of rotatable bonds is 3. The van der Waals surface area contributed by atoms with Gasteiger partial charge in [-0.25, -0.2) is 0 Å². The van der Waals surface area contributed by atoms with Crippen LogP contribution in [0.4, 0.5) is 0 Å². The minimum absolute atomic E-state index is 0.517. The van der Waals surface area contributed by atoms with Crippen molar-refractivity contribution in [1.29, 1.82) is 0 Å². The van der Waals surface area contributed by atoms with E-state index in [1.165, 1.54) is 10.4 Å². The summed E-state index contributed by atoms with van der Waals surface area (Å²) in [4.78, 5) is 2.23. The summed E-state index contributed by atoms with van der Waals surface area (Å²) in [5, 5.41) is 17.5. The molecular weight excluding hydrogens is 286 g/mol. The zero-order valence-corrected chi connectivity index (χ0v) is 12.8. The Balaban J connectivity index is 2.26. The van der Waals surface area contributed by atoms with Gasteiger partial charge in [0.05, 0.1) is 5.10 Å². The Kier molecular flexibility index (Phi) is 3.55. The van der Waals surface area contributed by atoms with E-state index in [0.29, 0.717) is 16.1 Å². The zero-order valence-electron chi connectivity index (χ0n) is 12.0. The molecule has 4 nitrogen and oxygen atoms in total. The highest BCUT2D eigenvalue weighted by Gasteiger charge is 2.18. The van der Waals surface area contributed by atoms with Crippen molar-refractivity contribution in [2.24, 2.45) is 0 Å². The van der Waals surface area contributed by atoms with Crippen molar-refractivity contribution in [2.75, 3.05) is 0 Å². The molecule has 5 heteroatoms. The fraction of sp³-hybridized carbons (Fsp3) is 0.250. The summed E-state index contributed by atoms with van der Waals surface area (Å²) < 4.78 is 0. The zero-order chi connectivity index (χ0) is 15.0. The van der Waals surface area contributed by atoms with Crippen LogP contribution in [0.5, 0.6) is 0 Å². The van der Waals surface area contributed by atoms with E-state index < -0.39 is 0 Å². The van der Waals surface area contributed by atoms with Crippen LogP contribution in [0.15, 0.2) is 36.4 Å². The van der Waals surface area contributed by atoms with Crippen molar-refractivity contribution in [2.45, 2.75) is 26.7 Å². The molecule has 1 aromatic heterocycles. The molecule has 21 heavy (non-hydrogen) atoms. The van der Waals surface area contributed by atoms with E-state index in [-0.39, 0.29) is 0 Å². The number of fused-ring (bicyclic) bond motifs is 1. The molecule has 2 aromatic carbocycles. The van der Waals surface area contributed by atoms with Crippen LogP contribution in [0.1, 0.15) is 25.0 Å². The summed E-state index contributed by atoms with van der Waals surface area (Å²) in [7, 11) is 0. The summed E-state index contributed by atoms with van der Waals surface area (Å²) in [5.41, 5.74) is 4.22. The quantitative estimate of drug-likeness (QED) is 0.549. The van der Waals surface area contributed by atoms with Crippen LogP contribution in [-0.4, -0.2) is 9.90 Å². The van der Waals surface area contributed by atoms with Gasteiger partial charge in [0.2, 0.25) is 5.52 Å². The highest BCUT2D eigenvalue weighted by atomic mass is 35.5. The largest absolute Gasteiger partial charge is 0.692 e. The van der Waals surface area contributed by atoms with Gasteiger partial charge in [0.15, 0.2) is 0 Å². The normalized spacial score (nSPS) is 11.2. The van der Waals surface area contributed by atoms with E-state index in [4.69, 9.17) is 11.6 Å². The fourth-order valence-corrected chi connectivity index (χ4v) is 2.62. The topological polar surface area (TPSA) is 44.8 Å². The molecule has 0 saturated carbocycles. The number of aryl methyl sites for hydroxylation is 2. The first-order chi connectivity index (χ1) is 10.1. The van der Waals surface area contributed by atoms with Gasteiger partial charge in [-0.15, -0.1) is 4.85 Å². The smallest absolute Gasteiger partial charge is 0.251 e. The Hall–Kier alpha value is -2.07. The van der Waals surface area contributed by atoms with Crippen LogP contribution in [0.2, 0.25) is 5.02 Å². The Morgan fingerprint density at radius 2 is 1.95 bits per heavy atom. The van der Waals surface area contributed by atoms with Crippen molar-refractivity contribution in [3.63, 3.8) is 0 Å². The highest BCUT2D eigenvalue weighted by molar-refractivity contribution is 6.31. The number of nitrogens with zero attached hydrogens (tertiary/aromatic N) is 3. The average Bonchev–Trinajstić information content (AvgIpc) is 2.82. The Labute approximate surface area is 128 Å². The van der Waals surface area contributed by atoms with E-state index in [1.54, 1.807) is 18.2 Å². The van der Waals surface area contributed by atoms with Crippen molar-refractivity contribution in [3.05, 3.63) is 57.8 Å². The van der Waals surface area contributed by atoms with Gasteiger partial charge in [0.1, 0.15) is 5.69 Å². The fourth-order valence-electron chi connectivity index (χ4n) is 2.45. The predicted molar refractivity (Wildman–Crippen MR) is 83.8 cm³/mol. The highest BCUT2D eigenvalue weighted by Crippen LogP contribution is 2.20. The van der Waals surface area contributed by atoms with Crippen molar-refractivity contribution in [3.8, 4) is 5.69 Å². The maximum atomic E-state index is 12.5. The molecular formula is C16H16ClN3O. The lowest BCUT2D eigenvalue weighted by Gasteiger charge is -2.09. The minimum atomic E-state index is 0.517. The molecule has 0 aliphatic rings. The summed E-state index contributed by atoms with van der Waals surface area (Å²) in [5.74, 6) is 0. The van der Waals surface area contributed by atoms with E-state index in [9.17, 15) is 5.21 Å². The monoisotopic (exact) mass is 301 g/mol. The second-order valence-electron chi connectivity index (χ2n) is 4.97. The van der Waals surface area contributed by atoms with E-state index >= 15 is 0 Å². The van der Waals surface area contributed by atoms with Crippen molar-refractivity contribution < 1.29 is 4.85 Å². The Bertz CT molecular complexity index is 811. The van der Waals surface area contributed by atoms with Gasteiger partial charge in [0.25, 0.3) is 5.52 Å². The molecule has 0 N–H and O–H groups in total. The standard InChI is InChI=1S/C16H16ClN3O/c1-3-11-5-6-12(4-2)16(9-11)19-18-14-10-13(17)7-8-15(14)20(19)21/h5-10H,3-4H2,1-2H3. The Morgan fingerprint density at radius 3 is 2.67 bits per heavy atom. The SMILES string of the molecule is CCc1ccc(CC)c(-n2nc3cc(Cl)ccc3[n+]2[O-])c1. The predicted octanol–water partition coefficient (Wildman–Crippen LogP) is 3.44. The number of halogens is 1. The summed E-state index contributed by atoms with van der Waals surface area (Å²) in [6, 6.07) is 11.3. The first-order valence-corrected chi connectivity index (χ1v) is 7.42. The summed E-state index contributed by atoms with van der Waals surface area (Å²) in [6.45, 7) is 4.16. The molecule has 0 atom stereocenters. The van der Waals surface area contributed by atoms with Gasteiger partial charge in [0, 0.05) is 11.1 Å². The molecule has 0 aliphatic carbocycles. The lowest BCUT2D eigenvalue weighted by Crippen LogP contribution is -2.37. The maximum Gasteiger partial charge on any atom is 0.251 e. The van der Waals surface area contributed by atoms with Crippen LogP contribution >= 0.6 is 11.6 Å². The molecule has 0 bridgehead atoms. The van der Waals surface area contributed by atoms with E-state index in [2.05, 4.69) is 31.1 Å². The third kappa shape index (κ3) is 2.36. The van der Waals surface area contributed by atoms with E-state index in [0.717, 1.165) is 28.9 Å². The van der Waals surface area contributed by atoms with Gasteiger partial charge in [-0.1, -0.05) is 37.6 Å². The third-order valence-corrected chi connectivity index (χ3v) is 3.91. The third-order valence-electron chi connectivity index (χ3n) is 3.67. The van der Waals surface area contributed by atoms with Crippen LogP contribution < -0.4 is 4.85 Å². The molecule has 0 aliphatic heterocycles. The van der Waals surface area contributed by atoms with Crippen molar-refractivity contribution in [1.82, 2.24) is 9.90 Å². The van der Waals surface area contributed by atoms with Gasteiger partial charge < -0.3 is 5.21 Å². The maximum absolute atomic E-state index is 12.5. The number of benzene rings is 2. The van der Waals surface area contributed by atoms with Gasteiger partial charge in [-0.05, 0) is 47.0 Å². The first kappa shape index (κ1) is 13.9. The van der Waals surface area contributed by atoms with Crippen LogP contribution in [-0.2, 0) is 12.8 Å². The summed E-state index contributed by atoms with van der Waals surface area (Å²) >= 11 is 5.97. The lowest BCUT2D eigenvalue weighted by molar-refractivity contribution is -0.664. The second kappa shape index (κ2) is 5.37. The molecule has 0 saturated heterocycles. The lowest BCUT2D eigenvalue weighted by atomic mass is 10.1. The molecule has 3 rings (SSSR count). The Morgan fingerprint density at radius 1 is 1.14 bits per heavy atom. The van der Waals surface area contributed by atoms with Crippen molar-refractivity contribution >= 4 is 22.6 Å².